The van der Waals surface area contributed by atoms with E-state index in [0.717, 1.165) is 36.5 Å². The van der Waals surface area contributed by atoms with Gasteiger partial charge in [-0.1, -0.05) is 0 Å². The van der Waals surface area contributed by atoms with Crippen molar-refractivity contribution in [1.29, 1.82) is 0 Å². The molecule has 2 heterocycles. The molecule has 26 heavy (non-hydrogen) atoms. The van der Waals surface area contributed by atoms with Crippen molar-refractivity contribution in [2.45, 2.75) is 32.3 Å². The molecule has 1 N–H and O–H groups in total. The summed E-state index contributed by atoms with van der Waals surface area (Å²) < 4.78 is 16.4. The molecule has 0 aliphatic carbocycles. The molecule has 140 valence electrons. The second kappa shape index (κ2) is 9.66. The van der Waals surface area contributed by atoms with Gasteiger partial charge in [-0.05, 0) is 44.0 Å². The number of nitrogens with zero attached hydrogens (tertiary/aromatic N) is 1. The van der Waals surface area contributed by atoms with Crippen molar-refractivity contribution in [1.82, 2.24) is 4.98 Å². The normalized spacial score (nSPS) is 16.6. The first-order chi connectivity index (χ1) is 12.7. The minimum absolute atomic E-state index is 0.0927. The third-order valence-corrected chi connectivity index (χ3v) is 4.77. The van der Waals surface area contributed by atoms with Gasteiger partial charge in [-0.3, -0.25) is 4.79 Å². The summed E-state index contributed by atoms with van der Waals surface area (Å²) in [5, 5.41) is 5.35. The SMILES string of the molecule is CCOc1ccc(-c2csc(NC(=O)CCOCC3CCCO3)n2)cc1. The molecule has 1 aliphatic rings. The predicted molar refractivity (Wildman–Crippen MR) is 102 cm³/mol. The molecule has 0 bridgehead atoms. The number of hydrogen-bond acceptors (Lipinski definition) is 6. The number of anilines is 1. The monoisotopic (exact) mass is 376 g/mol. The maximum Gasteiger partial charge on any atom is 0.228 e. The number of thiazole rings is 1. The summed E-state index contributed by atoms with van der Waals surface area (Å²) >= 11 is 1.41. The molecule has 1 aromatic carbocycles. The van der Waals surface area contributed by atoms with Crippen LogP contribution in [0.5, 0.6) is 5.75 Å². The van der Waals surface area contributed by atoms with Gasteiger partial charge in [0.1, 0.15) is 5.75 Å². The number of benzene rings is 1. The maximum absolute atomic E-state index is 12.0. The van der Waals surface area contributed by atoms with Crippen LogP contribution in [0.1, 0.15) is 26.2 Å². The standard InChI is InChI=1S/C19H24N2O4S/c1-2-24-15-7-5-14(6-8-15)17-13-26-19(20-17)21-18(22)9-11-23-12-16-4-3-10-25-16/h5-8,13,16H,2-4,9-12H2,1H3,(H,20,21,22). The molecular formula is C19H24N2O4S. The minimum Gasteiger partial charge on any atom is -0.494 e. The fourth-order valence-electron chi connectivity index (χ4n) is 2.69. The quantitative estimate of drug-likeness (QED) is 0.675. The van der Waals surface area contributed by atoms with E-state index < -0.39 is 0 Å². The lowest BCUT2D eigenvalue weighted by Gasteiger charge is -2.09. The van der Waals surface area contributed by atoms with Gasteiger partial charge in [0.25, 0.3) is 0 Å². The van der Waals surface area contributed by atoms with E-state index in [1.54, 1.807) is 0 Å². The third kappa shape index (κ3) is 5.52. The molecular weight excluding hydrogens is 352 g/mol. The number of aromatic nitrogens is 1. The van der Waals surface area contributed by atoms with Crippen LogP contribution in [0.2, 0.25) is 0 Å². The van der Waals surface area contributed by atoms with Crippen molar-refractivity contribution in [2.75, 3.05) is 31.7 Å². The topological polar surface area (TPSA) is 69.7 Å². The second-order valence-electron chi connectivity index (χ2n) is 6.00. The lowest BCUT2D eigenvalue weighted by Crippen LogP contribution is -2.18. The van der Waals surface area contributed by atoms with E-state index in [-0.39, 0.29) is 12.0 Å². The van der Waals surface area contributed by atoms with Crippen LogP contribution in [0.4, 0.5) is 5.13 Å². The van der Waals surface area contributed by atoms with Crippen molar-refractivity contribution >= 4 is 22.4 Å². The number of nitrogens with one attached hydrogen (secondary N) is 1. The highest BCUT2D eigenvalue weighted by molar-refractivity contribution is 7.14. The van der Waals surface area contributed by atoms with E-state index in [1.165, 1.54) is 11.3 Å². The van der Waals surface area contributed by atoms with Crippen LogP contribution < -0.4 is 10.1 Å². The average molecular weight is 376 g/mol. The van der Waals surface area contributed by atoms with Crippen molar-refractivity contribution in [3.05, 3.63) is 29.6 Å². The molecule has 0 saturated carbocycles. The molecule has 1 aromatic heterocycles. The molecule has 3 rings (SSSR count). The number of carbonyl (C=O) groups is 1. The second-order valence-corrected chi connectivity index (χ2v) is 6.86. The zero-order valence-electron chi connectivity index (χ0n) is 14.9. The fourth-order valence-corrected chi connectivity index (χ4v) is 3.43. The van der Waals surface area contributed by atoms with Crippen molar-refractivity contribution in [2.24, 2.45) is 0 Å². The number of amides is 1. The maximum atomic E-state index is 12.0. The smallest absolute Gasteiger partial charge is 0.228 e. The minimum atomic E-state index is -0.0927. The Morgan fingerprint density at radius 2 is 2.23 bits per heavy atom. The Hall–Kier alpha value is -1.96. The van der Waals surface area contributed by atoms with Gasteiger partial charge in [0.05, 0.1) is 38.0 Å². The van der Waals surface area contributed by atoms with Gasteiger partial charge in [0, 0.05) is 17.6 Å². The van der Waals surface area contributed by atoms with Gasteiger partial charge in [-0.2, -0.15) is 0 Å². The molecule has 1 unspecified atom stereocenters. The number of hydrogen-bond donors (Lipinski definition) is 1. The van der Waals surface area contributed by atoms with E-state index in [4.69, 9.17) is 14.2 Å². The Labute approximate surface area is 157 Å². The fraction of sp³-hybridized carbons (Fsp3) is 0.474. The number of carbonyl (C=O) groups excluding carboxylic acids is 1. The van der Waals surface area contributed by atoms with Crippen LogP contribution in [-0.2, 0) is 14.3 Å². The average Bonchev–Trinajstić information content (AvgIpc) is 3.32. The van der Waals surface area contributed by atoms with Gasteiger partial charge in [-0.25, -0.2) is 4.98 Å². The lowest BCUT2D eigenvalue weighted by atomic mass is 10.2. The summed E-state index contributed by atoms with van der Waals surface area (Å²) in [6.07, 6.45) is 2.63. The van der Waals surface area contributed by atoms with Crippen molar-refractivity contribution in [3.63, 3.8) is 0 Å². The highest BCUT2D eigenvalue weighted by atomic mass is 32.1. The molecule has 1 aliphatic heterocycles. The highest BCUT2D eigenvalue weighted by Crippen LogP contribution is 2.26. The van der Waals surface area contributed by atoms with E-state index in [0.29, 0.717) is 31.4 Å². The number of ether oxygens (including phenoxy) is 3. The molecule has 7 heteroatoms. The Morgan fingerprint density at radius 3 is 2.96 bits per heavy atom. The van der Waals surface area contributed by atoms with Crippen LogP contribution in [0.3, 0.4) is 0 Å². The van der Waals surface area contributed by atoms with E-state index in [1.807, 2.05) is 36.6 Å². The summed E-state index contributed by atoms with van der Waals surface area (Å²) in [5.41, 5.74) is 1.83. The Morgan fingerprint density at radius 1 is 1.38 bits per heavy atom. The van der Waals surface area contributed by atoms with Crippen molar-refractivity contribution < 1.29 is 19.0 Å². The van der Waals surface area contributed by atoms with E-state index in [9.17, 15) is 4.79 Å². The Kier molecular flexibility index (Phi) is 6.99. The zero-order chi connectivity index (χ0) is 18.2. The summed E-state index contributed by atoms with van der Waals surface area (Å²) in [6.45, 7) is 4.37. The van der Waals surface area contributed by atoms with Crippen LogP contribution in [0.25, 0.3) is 11.3 Å². The zero-order valence-corrected chi connectivity index (χ0v) is 15.7. The molecule has 1 saturated heterocycles. The summed E-state index contributed by atoms with van der Waals surface area (Å²) in [5.74, 6) is 0.743. The molecule has 1 atom stereocenters. The van der Waals surface area contributed by atoms with Crippen LogP contribution >= 0.6 is 11.3 Å². The Bertz CT molecular complexity index is 696. The third-order valence-electron chi connectivity index (χ3n) is 4.01. The van der Waals surface area contributed by atoms with E-state index in [2.05, 4.69) is 10.3 Å². The largest absolute Gasteiger partial charge is 0.494 e. The first kappa shape index (κ1) is 18.8. The van der Waals surface area contributed by atoms with Gasteiger partial charge in [0.2, 0.25) is 5.91 Å². The molecule has 6 nitrogen and oxygen atoms in total. The van der Waals surface area contributed by atoms with Gasteiger partial charge >= 0.3 is 0 Å². The van der Waals surface area contributed by atoms with Gasteiger partial charge < -0.3 is 19.5 Å². The van der Waals surface area contributed by atoms with E-state index >= 15 is 0 Å². The first-order valence-corrected chi connectivity index (χ1v) is 9.80. The Balaban J connectivity index is 1.42. The van der Waals surface area contributed by atoms with Gasteiger partial charge in [-0.15, -0.1) is 11.3 Å². The van der Waals surface area contributed by atoms with Crippen LogP contribution in [0.15, 0.2) is 29.6 Å². The molecule has 1 fully saturated rings. The van der Waals surface area contributed by atoms with Crippen LogP contribution in [0, 0.1) is 0 Å². The first-order valence-electron chi connectivity index (χ1n) is 8.92. The molecule has 1 amide bonds. The van der Waals surface area contributed by atoms with Crippen molar-refractivity contribution in [3.8, 4) is 17.0 Å². The summed E-state index contributed by atoms with van der Waals surface area (Å²) in [4.78, 5) is 16.5. The highest BCUT2D eigenvalue weighted by Gasteiger charge is 2.15. The summed E-state index contributed by atoms with van der Waals surface area (Å²) in [7, 11) is 0. The molecule has 0 spiro atoms. The molecule has 2 aromatic rings. The van der Waals surface area contributed by atoms with Gasteiger partial charge in [0.15, 0.2) is 5.13 Å². The number of rotatable bonds is 9. The van der Waals surface area contributed by atoms with Crippen LogP contribution in [-0.4, -0.2) is 43.4 Å². The predicted octanol–water partition coefficient (Wildman–Crippen LogP) is 3.73. The lowest BCUT2D eigenvalue weighted by molar-refractivity contribution is -0.117. The molecule has 0 radical (unpaired) electrons. The summed E-state index contributed by atoms with van der Waals surface area (Å²) in [6, 6.07) is 7.76.